The van der Waals surface area contributed by atoms with Crippen LogP contribution in [0, 0.1) is 12.8 Å². The van der Waals surface area contributed by atoms with Crippen molar-refractivity contribution < 1.29 is 14.3 Å². The standard InChI is InChI=1S/C22H26N2O3/c1-14(2)16(4)23-22(26)18-7-5-6-17(11-18)12-24-19-10-15(3)8-9-20(19)27-13-21(24)25/h5-11,14,16H,12-13H2,1-4H3,(H,23,26)/t16-/m1/s1. The first-order valence-corrected chi connectivity index (χ1v) is 9.29. The fraction of sp³-hybridized carbons (Fsp3) is 0.364. The molecule has 1 aliphatic rings. The highest BCUT2D eigenvalue weighted by atomic mass is 16.5. The van der Waals surface area contributed by atoms with Crippen LogP contribution < -0.4 is 15.0 Å². The average molecular weight is 366 g/mol. The van der Waals surface area contributed by atoms with Crippen molar-refractivity contribution in [3.8, 4) is 5.75 Å². The normalized spacial score (nSPS) is 14.6. The average Bonchev–Trinajstić information content (AvgIpc) is 2.64. The van der Waals surface area contributed by atoms with Gasteiger partial charge in [0, 0.05) is 11.6 Å². The van der Waals surface area contributed by atoms with Crippen molar-refractivity contribution >= 4 is 17.5 Å². The first-order valence-electron chi connectivity index (χ1n) is 9.29. The molecule has 27 heavy (non-hydrogen) atoms. The lowest BCUT2D eigenvalue weighted by molar-refractivity contribution is -0.121. The SMILES string of the molecule is Cc1ccc2c(c1)N(Cc1cccc(C(=O)N[C@H](C)C(C)C)c1)C(=O)CO2. The second kappa shape index (κ2) is 7.82. The quantitative estimate of drug-likeness (QED) is 0.878. The Labute approximate surface area is 160 Å². The van der Waals surface area contributed by atoms with Gasteiger partial charge >= 0.3 is 0 Å². The fourth-order valence-corrected chi connectivity index (χ4v) is 2.94. The molecule has 5 nitrogen and oxygen atoms in total. The monoisotopic (exact) mass is 366 g/mol. The Morgan fingerprint density at radius 3 is 2.70 bits per heavy atom. The molecule has 1 aliphatic heterocycles. The van der Waals surface area contributed by atoms with E-state index in [2.05, 4.69) is 19.2 Å². The molecule has 0 bridgehead atoms. The van der Waals surface area contributed by atoms with Gasteiger partial charge in [-0.2, -0.15) is 0 Å². The first kappa shape index (κ1) is 19.0. The third-order valence-electron chi connectivity index (χ3n) is 4.95. The molecule has 1 atom stereocenters. The van der Waals surface area contributed by atoms with Crippen LogP contribution in [0.1, 0.15) is 42.3 Å². The molecular formula is C22H26N2O3. The summed E-state index contributed by atoms with van der Waals surface area (Å²) >= 11 is 0. The third-order valence-corrected chi connectivity index (χ3v) is 4.95. The molecule has 0 saturated heterocycles. The summed E-state index contributed by atoms with van der Waals surface area (Å²) in [4.78, 5) is 26.7. The maximum Gasteiger partial charge on any atom is 0.265 e. The zero-order valence-corrected chi connectivity index (χ0v) is 16.3. The number of carbonyl (C=O) groups excluding carboxylic acids is 2. The molecule has 142 valence electrons. The highest BCUT2D eigenvalue weighted by molar-refractivity contribution is 5.98. The largest absolute Gasteiger partial charge is 0.482 e. The van der Waals surface area contributed by atoms with Gasteiger partial charge in [-0.1, -0.05) is 32.0 Å². The molecule has 0 radical (unpaired) electrons. The summed E-state index contributed by atoms with van der Waals surface area (Å²) in [6.07, 6.45) is 0. The van der Waals surface area contributed by atoms with Crippen LogP contribution in [0.15, 0.2) is 42.5 Å². The molecule has 0 saturated carbocycles. The number of hydrogen-bond donors (Lipinski definition) is 1. The molecule has 5 heteroatoms. The smallest absolute Gasteiger partial charge is 0.265 e. The summed E-state index contributed by atoms with van der Waals surface area (Å²) in [7, 11) is 0. The molecule has 0 aliphatic carbocycles. The van der Waals surface area contributed by atoms with E-state index in [9.17, 15) is 9.59 Å². The van der Waals surface area contributed by atoms with Crippen LogP contribution in [0.4, 0.5) is 5.69 Å². The van der Waals surface area contributed by atoms with Gasteiger partial charge in [0.15, 0.2) is 6.61 Å². The number of aryl methyl sites for hydroxylation is 1. The van der Waals surface area contributed by atoms with Crippen molar-refractivity contribution in [1.82, 2.24) is 5.32 Å². The maximum absolute atomic E-state index is 12.5. The number of nitrogens with one attached hydrogen (secondary N) is 1. The number of benzene rings is 2. The summed E-state index contributed by atoms with van der Waals surface area (Å²) in [6, 6.07) is 13.3. The molecule has 3 rings (SSSR count). The summed E-state index contributed by atoms with van der Waals surface area (Å²) in [5.41, 5.74) is 3.34. The minimum Gasteiger partial charge on any atom is -0.482 e. The maximum atomic E-state index is 12.5. The number of hydrogen-bond acceptors (Lipinski definition) is 3. The van der Waals surface area contributed by atoms with Gasteiger partial charge in [0.25, 0.3) is 11.8 Å². The van der Waals surface area contributed by atoms with E-state index in [-0.39, 0.29) is 24.5 Å². The summed E-state index contributed by atoms with van der Waals surface area (Å²) in [5, 5.41) is 3.02. The Bertz CT molecular complexity index is 860. The van der Waals surface area contributed by atoms with Crippen molar-refractivity contribution in [3.05, 3.63) is 59.2 Å². The second-order valence-electron chi connectivity index (χ2n) is 7.45. The molecule has 2 aromatic rings. The van der Waals surface area contributed by atoms with Crippen LogP contribution in [-0.2, 0) is 11.3 Å². The van der Waals surface area contributed by atoms with E-state index in [1.807, 2.05) is 50.2 Å². The Balaban J connectivity index is 1.82. The zero-order valence-electron chi connectivity index (χ0n) is 16.3. The van der Waals surface area contributed by atoms with Crippen LogP contribution >= 0.6 is 0 Å². The summed E-state index contributed by atoms with van der Waals surface area (Å²) < 4.78 is 5.53. The minimum absolute atomic E-state index is 0.0299. The molecule has 0 aromatic heterocycles. The number of carbonyl (C=O) groups is 2. The Hall–Kier alpha value is -2.82. The van der Waals surface area contributed by atoms with E-state index in [1.165, 1.54) is 0 Å². The van der Waals surface area contributed by atoms with Gasteiger partial charge in [-0.05, 0) is 55.2 Å². The van der Waals surface area contributed by atoms with Crippen molar-refractivity contribution in [2.45, 2.75) is 40.3 Å². The molecule has 0 fully saturated rings. The predicted molar refractivity (Wildman–Crippen MR) is 106 cm³/mol. The van der Waals surface area contributed by atoms with Crippen molar-refractivity contribution in [2.24, 2.45) is 5.92 Å². The fourth-order valence-electron chi connectivity index (χ4n) is 2.94. The van der Waals surface area contributed by atoms with Crippen LogP contribution in [0.2, 0.25) is 0 Å². The lowest BCUT2D eigenvalue weighted by Crippen LogP contribution is -2.38. The summed E-state index contributed by atoms with van der Waals surface area (Å²) in [5.74, 6) is 0.890. The van der Waals surface area contributed by atoms with Crippen LogP contribution in [-0.4, -0.2) is 24.5 Å². The van der Waals surface area contributed by atoms with Gasteiger partial charge in [0.1, 0.15) is 5.75 Å². The highest BCUT2D eigenvalue weighted by Gasteiger charge is 2.26. The summed E-state index contributed by atoms with van der Waals surface area (Å²) in [6.45, 7) is 8.56. The minimum atomic E-state index is -0.0948. The van der Waals surface area contributed by atoms with Gasteiger partial charge in [-0.25, -0.2) is 0 Å². The number of nitrogens with zero attached hydrogens (tertiary/aromatic N) is 1. The van der Waals surface area contributed by atoms with E-state index < -0.39 is 0 Å². The van der Waals surface area contributed by atoms with E-state index in [4.69, 9.17) is 4.74 Å². The molecule has 0 unspecified atom stereocenters. The Morgan fingerprint density at radius 1 is 1.19 bits per heavy atom. The molecular weight excluding hydrogens is 340 g/mol. The number of amides is 2. The first-order chi connectivity index (χ1) is 12.8. The van der Waals surface area contributed by atoms with Crippen LogP contribution in [0.5, 0.6) is 5.75 Å². The lowest BCUT2D eigenvalue weighted by Gasteiger charge is -2.30. The zero-order chi connectivity index (χ0) is 19.6. The molecule has 1 N–H and O–H groups in total. The van der Waals surface area contributed by atoms with Gasteiger partial charge in [-0.3, -0.25) is 9.59 Å². The van der Waals surface area contributed by atoms with E-state index in [1.54, 1.807) is 11.0 Å². The topological polar surface area (TPSA) is 58.6 Å². The van der Waals surface area contributed by atoms with Gasteiger partial charge in [0.05, 0.1) is 12.2 Å². The van der Waals surface area contributed by atoms with Crippen LogP contribution in [0.3, 0.4) is 0 Å². The predicted octanol–water partition coefficient (Wildman–Crippen LogP) is 3.69. The van der Waals surface area contributed by atoms with Crippen LogP contribution in [0.25, 0.3) is 0 Å². The van der Waals surface area contributed by atoms with E-state index >= 15 is 0 Å². The number of fused-ring (bicyclic) bond motifs is 1. The Morgan fingerprint density at radius 2 is 1.96 bits per heavy atom. The van der Waals surface area contributed by atoms with E-state index in [0.29, 0.717) is 23.8 Å². The number of anilines is 1. The number of ether oxygens (including phenoxy) is 1. The molecule has 0 spiro atoms. The third kappa shape index (κ3) is 4.30. The van der Waals surface area contributed by atoms with Crippen molar-refractivity contribution in [3.63, 3.8) is 0 Å². The van der Waals surface area contributed by atoms with Gasteiger partial charge in [-0.15, -0.1) is 0 Å². The van der Waals surface area contributed by atoms with Crippen molar-refractivity contribution in [1.29, 1.82) is 0 Å². The molecule has 1 heterocycles. The number of rotatable bonds is 5. The molecule has 2 amide bonds. The second-order valence-corrected chi connectivity index (χ2v) is 7.45. The Kier molecular flexibility index (Phi) is 5.49. The molecule has 2 aromatic carbocycles. The van der Waals surface area contributed by atoms with E-state index in [0.717, 1.165) is 16.8 Å². The highest BCUT2D eigenvalue weighted by Crippen LogP contribution is 2.33. The lowest BCUT2D eigenvalue weighted by atomic mass is 10.0. The van der Waals surface area contributed by atoms with Gasteiger partial charge in [0.2, 0.25) is 0 Å². The van der Waals surface area contributed by atoms with Crippen molar-refractivity contribution in [2.75, 3.05) is 11.5 Å². The van der Waals surface area contributed by atoms with Gasteiger partial charge < -0.3 is 15.0 Å².